The number of nitrogens with zero attached hydrogens (tertiary/aromatic N) is 3. The lowest BCUT2D eigenvalue weighted by molar-refractivity contribution is 0.497. The van der Waals surface area contributed by atoms with Gasteiger partial charge in [-0.2, -0.15) is 0 Å². The molecule has 0 amide bonds. The molecule has 18 heavy (non-hydrogen) atoms. The number of halogens is 1. The Balaban J connectivity index is 1.58. The number of aromatic nitrogens is 3. The predicted octanol–water partition coefficient (Wildman–Crippen LogP) is 2.73. The van der Waals surface area contributed by atoms with Crippen molar-refractivity contribution in [3.05, 3.63) is 32.4 Å². The van der Waals surface area contributed by atoms with E-state index in [9.17, 15) is 0 Å². The van der Waals surface area contributed by atoms with Gasteiger partial charge in [0, 0.05) is 34.2 Å². The summed E-state index contributed by atoms with van der Waals surface area (Å²) in [6.07, 6.45) is 3.57. The lowest BCUT2D eigenvalue weighted by Crippen LogP contribution is -2.19. The quantitative estimate of drug-likeness (QED) is 0.939. The van der Waals surface area contributed by atoms with Crippen molar-refractivity contribution in [2.24, 2.45) is 0 Å². The smallest absolute Gasteiger partial charge is 0.147 e. The predicted molar refractivity (Wildman–Crippen MR) is 75.5 cm³/mol. The average Bonchev–Trinajstić information content (AvgIpc) is 2.97. The third kappa shape index (κ3) is 2.65. The van der Waals surface area contributed by atoms with Crippen LogP contribution in [0.1, 0.15) is 29.4 Å². The zero-order valence-corrected chi connectivity index (χ0v) is 12.4. The first-order valence-corrected chi connectivity index (χ1v) is 7.85. The molecule has 0 fully saturated rings. The minimum atomic E-state index is 0.794. The fraction of sp³-hybridized carbons (Fsp3) is 0.500. The highest BCUT2D eigenvalue weighted by molar-refractivity contribution is 9.10. The molecule has 0 unspecified atom stereocenters. The highest BCUT2D eigenvalue weighted by Gasteiger charge is 2.14. The largest absolute Gasteiger partial charge is 0.314 e. The number of nitrogens with one attached hydrogen (secondary N) is 1. The lowest BCUT2D eigenvalue weighted by Gasteiger charge is -2.14. The zero-order chi connectivity index (χ0) is 12.4. The van der Waals surface area contributed by atoms with Crippen molar-refractivity contribution in [3.8, 4) is 0 Å². The van der Waals surface area contributed by atoms with Crippen LogP contribution >= 0.6 is 27.3 Å². The summed E-state index contributed by atoms with van der Waals surface area (Å²) in [5.74, 6) is 2.22. The van der Waals surface area contributed by atoms with E-state index in [1.165, 1.54) is 17.7 Å². The van der Waals surface area contributed by atoms with Crippen molar-refractivity contribution in [2.45, 2.75) is 38.9 Å². The fourth-order valence-corrected chi connectivity index (χ4v) is 3.66. The van der Waals surface area contributed by atoms with Crippen molar-refractivity contribution in [1.29, 1.82) is 0 Å². The van der Waals surface area contributed by atoms with Crippen LogP contribution in [0.4, 0.5) is 0 Å². The summed E-state index contributed by atoms with van der Waals surface area (Å²) in [6.45, 7) is 2.75. The Morgan fingerprint density at radius 3 is 3.11 bits per heavy atom. The molecule has 0 atom stereocenters. The van der Waals surface area contributed by atoms with E-state index >= 15 is 0 Å². The second-order valence-electron chi connectivity index (χ2n) is 4.48. The topological polar surface area (TPSA) is 42.7 Å². The van der Waals surface area contributed by atoms with Crippen LogP contribution in [-0.4, -0.2) is 14.8 Å². The van der Waals surface area contributed by atoms with Gasteiger partial charge >= 0.3 is 0 Å². The molecule has 6 heteroatoms. The minimum absolute atomic E-state index is 0.794. The number of thiophene rings is 1. The van der Waals surface area contributed by atoms with Gasteiger partial charge in [0.1, 0.15) is 11.6 Å². The molecular formula is C12H15BrN4S. The Kier molecular flexibility index (Phi) is 3.77. The van der Waals surface area contributed by atoms with Crippen molar-refractivity contribution in [1.82, 2.24) is 20.1 Å². The normalized spacial score (nSPS) is 14.7. The first kappa shape index (κ1) is 12.3. The summed E-state index contributed by atoms with van der Waals surface area (Å²) in [5.41, 5.74) is 0. The van der Waals surface area contributed by atoms with E-state index in [0.717, 1.165) is 42.2 Å². The molecule has 0 saturated heterocycles. The Bertz CT molecular complexity index is 534. The molecule has 2 aromatic heterocycles. The van der Waals surface area contributed by atoms with Crippen LogP contribution in [0.5, 0.6) is 0 Å². The molecular weight excluding hydrogens is 312 g/mol. The maximum atomic E-state index is 4.28. The van der Waals surface area contributed by atoms with E-state index in [-0.39, 0.29) is 0 Å². The maximum Gasteiger partial charge on any atom is 0.147 e. The van der Waals surface area contributed by atoms with Gasteiger partial charge < -0.3 is 9.88 Å². The summed E-state index contributed by atoms with van der Waals surface area (Å²) in [4.78, 5) is 1.33. The van der Waals surface area contributed by atoms with Gasteiger partial charge in [-0.25, -0.2) is 0 Å². The van der Waals surface area contributed by atoms with Gasteiger partial charge in [-0.15, -0.1) is 21.5 Å². The Hall–Kier alpha value is -0.720. The van der Waals surface area contributed by atoms with Gasteiger partial charge in [-0.1, -0.05) is 0 Å². The first-order chi connectivity index (χ1) is 8.83. The minimum Gasteiger partial charge on any atom is -0.314 e. The number of hydrogen-bond donors (Lipinski definition) is 1. The van der Waals surface area contributed by atoms with E-state index in [0.29, 0.717) is 0 Å². The molecule has 0 aromatic carbocycles. The second kappa shape index (κ2) is 5.50. The first-order valence-electron chi connectivity index (χ1n) is 6.17. The summed E-state index contributed by atoms with van der Waals surface area (Å²) in [7, 11) is 0. The molecule has 96 valence electrons. The number of hydrogen-bond acceptors (Lipinski definition) is 4. The monoisotopic (exact) mass is 326 g/mol. The van der Waals surface area contributed by atoms with Crippen LogP contribution in [0, 0.1) is 0 Å². The molecule has 1 aliphatic rings. The molecule has 4 nitrogen and oxygen atoms in total. The third-order valence-electron chi connectivity index (χ3n) is 3.14. The summed E-state index contributed by atoms with van der Waals surface area (Å²) in [5, 5.41) is 14.1. The standard InChI is InChI=1S/C12H15BrN4S/c13-9-5-10(18-8-9)6-14-7-12-16-15-11-3-1-2-4-17(11)12/h5,8,14H,1-4,6-7H2. The third-order valence-corrected chi connectivity index (χ3v) is 4.84. The van der Waals surface area contributed by atoms with Crippen molar-refractivity contribution >= 4 is 27.3 Å². The van der Waals surface area contributed by atoms with Crippen LogP contribution in [0.15, 0.2) is 15.9 Å². The van der Waals surface area contributed by atoms with Crippen molar-refractivity contribution in [3.63, 3.8) is 0 Å². The number of aryl methyl sites for hydroxylation is 1. The molecule has 1 aliphatic heterocycles. The highest BCUT2D eigenvalue weighted by atomic mass is 79.9. The molecule has 0 spiro atoms. The van der Waals surface area contributed by atoms with Gasteiger partial charge in [0.2, 0.25) is 0 Å². The van der Waals surface area contributed by atoms with Crippen LogP contribution in [0.3, 0.4) is 0 Å². The van der Waals surface area contributed by atoms with Crippen molar-refractivity contribution < 1.29 is 0 Å². The Morgan fingerprint density at radius 2 is 2.28 bits per heavy atom. The van der Waals surface area contributed by atoms with Gasteiger partial charge in [0.15, 0.2) is 0 Å². The summed E-state index contributed by atoms with van der Waals surface area (Å²) >= 11 is 5.23. The number of fused-ring (bicyclic) bond motifs is 1. The average molecular weight is 327 g/mol. The molecule has 0 saturated carbocycles. The van der Waals surface area contributed by atoms with E-state index < -0.39 is 0 Å². The molecule has 3 heterocycles. The molecule has 2 aromatic rings. The van der Waals surface area contributed by atoms with Gasteiger partial charge in [0.05, 0.1) is 6.54 Å². The second-order valence-corrected chi connectivity index (χ2v) is 6.39. The van der Waals surface area contributed by atoms with E-state index in [2.05, 4.69) is 47.5 Å². The van der Waals surface area contributed by atoms with Gasteiger partial charge in [-0.05, 0) is 34.8 Å². The Labute approximate surface area is 119 Å². The summed E-state index contributed by atoms with van der Waals surface area (Å²) < 4.78 is 3.42. The number of rotatable bonds is 4. The van der Waals surface area contributed by atoms with Crippen LogP contribution < -0.4 is 5.32 Å². The van der Waals surface area contributed by atoms with Crippen LogP contribution in [-0.2, 0) is 26.1 Å². The maximum absolute atomic E-state index is 4.28. The van der Waals surface area contributed by atoms with E-state index in [4.69, 9.17) is 0 Å². The van der Waals surface area contributed by atoms with Crippen molar-refractivity contribution in [2.75, 3.05) is 0 Å². The molecule has 0 bridgehead atoms. The Morgan fingerprint density at radius 1 is 1.33 bits per heavy atom. The zero-order valence-electron chi connectivity index (χ0n) is 10.0. The lowest BCUT2D eigenvalue weighted by atomic mass is 10.2. The molecule has 0 aliphatic carbocycles. The van der Waals surface area contributed by atoms with E-state index in [1.54, 1.807) is 11.3 Å². The molecule has 3 rings (SSSR count). The summed E-state index contributed by atoms with van der Waals surface area (Å²) in [6, 6.07) is 2.15. The van der Waals surface area contributed by atoms with E-state index in [1.807, 2.05) is 0 Å². The highest BCUT2D eigenvalue weighted by Crippen LogP contribution is 2.19. The van der Waals surface area contributed by atoms with Gasteiger partial charge in [0.25, 0.3) is 0 Å². The van der Waals surface area contributed by atoms with Gasteiger partial charge in [-0.3, -0.25) is 0 Å². The fourth-order valence-electron chi connectivity index (χ4n) is 2.24. The van der Waals surface area contributed by atoms with Crippen LogP contribution in [0.2, 0.25) is 0 Å². The van der Waals surface area contributed by atoms with Crippen LogP contribution in [0.25, 0.3) is 0 Å². The SMILES string of the molecule is Brc1csc(CNCc2nnc3n2CCCC3)c1. The molecule has 0 radical (unpaired) electrons. The molecule has 1 N–H and O–H groups in total.